The van der Waals surface area contributed by atoms with Gasteiger partial charge in [-0.2, -0.15) is 5.10 Å². The molecule has 0 saturated heterocycles. The lowest BCUT2D eigenvalue weighted by Crippen LogP contribution is -2.29. The molecular formula is C23H23N3O3. The van der Waals surface area contributed by atoms with Gasteiger partial charge in [-0.25, -0.2) is 5.01 Å². The maximum atomic E-state index is 12.9. The molecule has 0 aliphatic carbocycles. The monoisotopic (exact) mass is 389 g/mol. The van der Waals surface area contributed by atoms with E-state index >= 15 is 0 Å². The third-order valence-electron chi connectivity index (χ3n) is 5.13. The Kier molecular flexibility index (Phi) is 4.92. The number of hydrogen-bond acceptors (Lipinski definition) is 4. The van der Waals surface area contributed by atoms with Gasteiger partial charge in [0.15, 0.2) is 0 Å². The Hall–Kier alpha value is -3.41. The second-order valence-corrected chi connectivity index (χ2v) is 7.23. The molecule has 0 spiro atoms. The van der Waals surface area contributed by atoms with Gasteiger partial charge in [0.2, 0.25) is 5.91 Å². The molecule has 4 rings (SSSR count). The van der Waals surface area contributed by atoms with Crippen LogP contribution in [0.5, 0.6) is 5.75 Å². The molecule has 1 unspecified atom stereocenters. The number of H-pyrrole nitrogens is 1. The summed E-state index contributed by atoms with van der Waals surface area (Å²) < 4.78 is 5.51. The number of hydrogen-bond donors (Lipinski definition) is 1. The largest absolute Gasteiger partial charge is 0.494 e. The number of ether oxygens (including phenoxy) is 1. The van der Waals surface area contributed by atoms with Crippen molar-refractivity contribution in [2.45, 2.75) is 33.2 Å². The van der Waals surface area contributed by atoms with Crippen molar-refractivity contribution in [3.63, 3.8) is 0 Å². The van der Waals surface area contributed by atoms with E-state index < -0.39 is 6.04 Å². The number of nitrogens with one attached hydrogen (secondary N) is 1. The van der Waals surface area contributed by atoms with Gasteiger partial charge in [0.25, 0.3) is 5.56 Å². The van der Waals surface area contributed by atoms with Crippen molar-refractivity contribution in [1.82, 2.24) is 9.99 Å². The summed E-state index contributed by atoms with van der Waals surface area (Å²) in [6.07, 6.45) is 0.494. The summed E-state index contributed by atoms with van der Waals surface area (Å²) >= 11 is 0. The van der Waals surface area contributed by atoms with Crippen molar-refractivity contribution in [2.24, 2.45) is 5.10 Å². The van der Waals surface area contributed by atoms with Crippen LogP contribution in [0.2, 0.25) is 0 Å². The number of carbonyl (C=O) groups is 1. The van der Waals surface area contributed by atoms with Gasteiger partial charge in [-0.15, -0.1) is 0 Å². The Balaban J connectivity index is 1.73. The normalized spacial score (nSPS) is 16.2. The van der Waals surface area contributed by atoms with Crippen LogP contribution in [-0.4, -0.2) is 28.2 Å². The minimum atomic E-state index is -0.427. The van der Waals surface area contributed by atoms with Crippen molar-refractivity contribution in [1.29, 1.82) is 0 Å². The predicted octanol–water partition coefficient (Wildman–Crippen LogP) is 3.93. The highest BCUT2D eigenvalue weighted by Gasteiger charge is 2.33. The van der Waals surface area contributed by atoms with Crippen molar-refractivity contribution >= 4 is 22.5 Å². The first-order valence-corrected chi connectivity index (χ1v) is 9.70. The van der Waals surface area contributed by atoms with Gasteiger partial charge in [0, 0.05) is 25.0 Å². The van der Waals surface area contributed by atoms with Crippen LogP contribution in [0.1, 0.15) is 43.0 Å². The first-order valence-electron chi connectivity index (χ1n) is 9.70. The lowest BCUT2D eigenvalue weighted by molar-refractivity contribution is -0.130. The van der Waals surface area contributed by atoms with Crippen LogP contribution in [0.15, 0.2) is 58.4 Å². The molecule has 2 heterocycles. The molecule has 1 amide bonds. The van der Waals surface area contributed by atoms with Crippen LogP contribution in [0, 0.1) is 6.92 Å². The maximum Gasteiger partial charge on any atom is 0.253 e. The molecule has 3 aromatic rings. The summed E-state index contributed by atoms with van der Waals surface area (Å²) in [5.74, 6) is 0.517. The summed E-state index contributed by atoms with van der Waals surface area (Å²) in [5, 5.41) is 6.83. The highest BCUT2D eigenvalue weighted by Crippen LogP contribution is 2.32. The third kappa shape index (κ3) is 3.66. The molecule has 0 fully saturated rings. The molecule has 0 bridgehead atoms. The van der Waals surface area contributed by atoms with Crippen LogP contribution in [0.25, 0.3) is 10.9 Å². The number of pyridine rings is 1. The zero-order chi connectivity index (χ0) is 20.5. The van der Waals surface area contributed by atoms with Crippen molar-refractivity contribution in [3.8, 4) is 5.75 Å². The molecule has 29 heavy (non-hydrogen) atoms. The average molecular weight is 389 g/mol. The first-order chi connectivity index (χ1) is 14.0. The topological polar surface area (TPSA) is 74.8 Å². The highest BCUT2D eigenvalue weighted by atomic mass is 16.5. The molecule has 6 heteroatoms. The van der Waals surface area contributed by atoms with E-state index in [0.717, 1.165) is 22.2 Å². The number of aromatic amines is 1. The van der Waals surface area contributed by atoms with Gasteiger partial charge in [-0.05, 0) is 43.0 Å². The summed E-state index contributed by atoms with van der Waals surface area (Å²) in [4.78, 5) is 28.0. The molecule has 0 saturated carbocycles. The Labute approximate surface area is 168 Å². The predicted molar refractivity (Wildman–Crippen MR) is 113 cm³/mol. The molecule has 1 N–H and O–H groups in total. The number of rotatable bonds is 4. The number of hydrazone groups is 1. The SMILES string of the molecule is CCOc1ccc2cc(C3CC(c4ccc(C)cc4)=NN3C(C)=O)c(=O)[nH]c2c1. The zero-order valence-electron chi connectivity index (χ0n) is 16.7. The van der Waals surface area contributed by atoms with Gasteiger partial charge in [0.05, 0.1) is 23.9 Å². The third-order valence-corrected chi connectivity index (χ3v) is 5.13. The minimum absolute atomic E-state index is 0.191. The average Bonchev–Trinajstić information content (AvgIpc) is 3.13. The smallest absolute Gasteiger partial charge is 0.253 e. The van der Waals surface area contributed by atoms with E-state index in [9.17, 15) is 9.59 Å². The van der Waals surface area contributed by atoms with E-state index in [4.69, 9.17) is 4.74 Å². The quantitative estimate of drug-likeness (QED) is 0.735. The molecule has 6 nitrogen and oxygen atoms in total. The van der Waals surface area contributed by atoms with Gasteiger partial charge in [-0.3, -0.25) is 9.59 Å². The van der Waals surface area contributed by atoms with Gasteiger partial charge in [0.1, 0.15) is 5.75 Å². The molecular weight excluding hydrogens is 366 g/mol. The fraction of sp³-hybridized carbons (Fsp3) is 0.261. The summed E-state index contributed by atoms with van der Waals surface area (Å²) in [7, 11) is 0. The lowest BCUT2D eigenvalue weighted by Gasteiger charge is -2.20. The van der Waals surface area contributed by atoms with Crippen molar-refractivity contribution in [3.05, 3.63) is 75.6 Å². The minimum Gasteiger partial charge on any atom is -0.494 e. The second kappa shape index (κ2) is 7.54. The van der Waals surface area contributed by atoms with E-state index in [1.807, 2.05) is 62.4 Å². The Morgan fingerprint density at radius 1 is 1.21 bits per heavy atom. The molecule has 0 radical (unpaired) electrons. The van der Waals surface area contributed by atoms with E-state index in [-0.39, 0.29) is 11.5 Å². The van der Waals surface area contributed by atoms with Gasteiger partial charge >= 0.3 is 0 Å². The molecule has 1 aromatic heterocycles. The van der Waals surface area contributed by atoms with E-state index in [1.165, 1.54) is 11.9 Å². The fourth-order valence-electron chi connectivity index (χ4n) is 3.66. The van der Waals surface area contributed by atoms with Crippen molar-refractivity contribution < 1.29 is 9.53 Å². The number of aryl methyl sites for hydroxylation is 1. The maximum absolute atomic E-state index is 12.9. The Morgan fingerprint density at radius 3 is 2.66 bits per heavy atom. The van der Waals surface area contributed by atoms with Crippen molar-refractivity contribution in [2.75, 3.05) is 6.61 Å². The van der Waals surface area contributed by atoms with Crippen LogP contribution >= 0.6 is 0 Å². The second-order valence-electron chi connectivity index (χ2n) is 7.23. The first kappa shape index (κ1) is 18.9. The van der Waals surface area contributed by atoms with E-state index in [1.54, 1.807) is 0 Å². The summed E-state index contributed by atoms with van der Waals surface area (Å²) in [6, 6.07) is 15.0. The molecule has 1 aliphatic heterocycles. The number of benzene rings is 2. The number of carbonyl (C=O) groups excluding carboxylic acids is 1. The highest BCUT2D eigenvalue weighted by molar-refractivity contribution is 6.03. The molecule has 1 aliphatic rings. The summed E-state index contributed by atoms with van der Waals surface area (Å²) in [6.45, 7) is 5.97. The molecule has 148 valence electrons. The Morgan fingerprint density at radius 2 is 1.97 bits per heavy atom. The van der Waals surface area contributed by atoms with Crippen LogP contribution in [-0.2, 0) is 4.79 Å². The number of nitrogens with zero attached hydrogens (tertiary/aromatic N) is 2. The zero-order valence-corrected chi connectivity index (χ0v) is 16.7. The number of amides is 1. The Bertz CT molecular complexity index is 1160. The van der Waals surface area contributed by atoms with Crippen LogP contribution in [0.4, 0.5) is 0 Å². The summed E-state index contributed by atoms with van der Waals surface area (Å²) in [5.41, 5.74) is 3.94. The van der Waals surface area contributed by atoms with Gasteiger partial charge in [-0.1, -0.05) is 29.8 Å². The lowest BCUT2D eigenvalue weighted by atomic mass is 9.98. The molecule has 2 aromatic carbocycles. The fourth-order valence-corrected chi connectivity index (χ4v) is 3.66. The number of fused-ring (bicyclic) bond motifs is 1. The number of aromatic nitrogens is 1. The van der Waals surface area contributed by atoms with Crippen LogP contribution < -0.4 is 10.3 Å². The van der Waals surface area contributed by atoms with E-state index in [0.29, 0.717) is 29.9 Å². The van der Waals surface area contributed by atoms with Crippen LogP contribution in [0.3, 0.4) is 0 Å². The van der Waals surface area contributed by atoms with Gasteiger partial charge < -0.3 is 9.72 Å². The molecule has 1 atom stereocenters. The standard InChI is InChI=1S/C23H23N3O3/c1-4-29-18-10-9-17-11-19(23(28)24-20(17)12-18)22-13-21(25-26(22)15(3)27)16-7-5-14(2)6-8-16/h5-12,22H,4,13H2,1-3H3,(H,24,28). The van der Waals surface area contributed by atoms with E-state index in [2.05, 4.69) is 10.1 Å².